The summed E-state index contributed by atoms with van der Waals surface area (Å²) in [6.07, 6.45) is 1.83. The Labute approximate surface area is 104 Å². The molecule has 2 rings (SSSR count). The lowest BCUT2D eigenvalue weighted by molar-refractivity contribution is -0.141. The number of aliphatic carboxylic acids is 1. The van der Waals surface area contributed by atoms with Crippen molar-refractivity contribution < 1.29 is 9.90 Å². The standard InChI is InChI=1S/C11H15N5O2/c1-4-11(3,9(17)18)15-8-5-7(2)14-10-12-6-13-16(8)10/h5-6,15H,4H2,1-3H3,(H,17,18). The van der Waals surface area contributed by atoms with E-state index in [9.17, 15) is 9.90 Å². The molecule has 0 amide bonds. The van der Waals surface area contributed by atoms with Crippen LogP contribution in [0.25, 0.3) is 5.78 Å². The van der Waals surface area contributed by atoms with E-state index in [-0.39, 0.29) is 0 Å². The number of carboxylic acid groups (broad SMARTS) is 1. The van der Waals surface area contributed by atoms with Gasteiger partial charge in [0.2, 0.25) is 0 Å². The van der Waals surface area contributed by atoms with E-state index in [2.05, 4.69) is 20.4 Å². The van der Waals surface area contributed by atoms with E-state index in [1.807, 2.05) is 13.8 Å². The minimum atomic E-state index is -1.05. The molecule has 0 fully saturated rings. The summed E-state index contributed by atoms with van der Waals surface area (Å²) in [4.78, 5) is 19.5. The summed E-state index contributed by atoms with van der Waals surface area (Å²) < 4.78 is 1.49. The maximum Gasteiger partial charge on any atom is 0.329 e. The third kappa shape index (κ3) is 1.99. The molecule has 7 nitrogen and oxygen atoms in total. The van der Waals surface area contributed by atoms with Crippen LogP contribution in [0.1, 0.15) is 26.0 Å². The zero-order valence-corrected chi connectivity index (χ0v) is 10.5. The van der Waals surface area contributed by atoms with E-state index in [1.165, 1.54) is 10.8 Å². The Morgan fingerprint density at radius 3 is 2.94 bits per heavy atom. The zero-order valence-electron chi connectivity index (χ0n) is 10.5. The number of carboxylic acids is 1. The number of anilines is 1. The maximum absolute atomic E-state index is 11.3. The van der Waals surface area contributed by atoms with E-state index >= 15 is 0 Å². The zero-order chi connectivity index (χ0) is 13.3. The fourth-order valence-corrected chi connectivity index (χ4v) is 1.60. The topological polar surface area (TPSA) is 92.4 Å². The molecule has 0 aliphatic rings. The lowest BCUT2D eigenvalue weighted by atomic mass is 9.99. The van der Waals surface area contributed by atoms with Crippen LogP contribution in [0.15, 0.2) is 12.4 Å². The highest BCUT2D eigenvalue weighted by atomic mass is 16.4. The van der Waals surface area contributed by atoms with Crippen molar-refractivity contribution in [2.45, 2.75) is 32.7 Å². The molecule has 96 valence electrons. The van der Waals surface area contributed by atoms with E-state index in [0.717, 1.165) is 5.69 Å². The average Bonchev–Trinajstić information content (AvgIpc) is 2.76. The first kappa shape index (κ1) is 12.3. The van der Waals surface area contributed by atoms with Gasteiger partial charge in [0.25, 0.3) is 5.78 Å². The van der Waals surface area contributed by atoms with Crippen molar-refractivity contribution in [3.05, 3.63) is 18.1 Å². The van der Waals surface area contributed by atoms with E-state index in [1.54, 1.807) is 13.0 Å². The van der Waals surface area contributed by atoms with Crippen LogP contribution in [0, 0.1) is 6.92 Å². The van der Waals surface area contributed by atoms with Gasteiger partial charge in [-0.3, -0.25) is 0 Å². The number of nitrogens with one attached hydrogen (secondary N) is 1. The van der Waals surface area contributed by atoms with Gasteiger partial charge in [-0.1, -0.05) is 6.92 Å². The molecule has 1 atom stereocenters. The van der Waals surface area contributed by atoms with Crippen molar-refractivity contribution in [2.24, 2.45) is 0 Å². The fraction of sp³-hybridized carbons (Fsp3) is 0.455. The van der Waals surface area contributed by atoms with Gasteiger partial charge < -0.3 is 10.4 Å². The first-order valence-corrected chi connectivity index (χ1v) is 5.65. The van der Waals surface area contributed by atoms with Crippen LogP contribution in [-0.2, 0) is 4.79 Å². The number of aryl methyl sites for hydroxylation is 1. The van der Waals surface area contributed by atoms with Gasteiger partial charge in [-0.25, -0.2) is 9.78 Å². The van der Waals surface area contributed by atoms with Gasteiger partial charge in [-0.2, -0.15) is 14.6 Å². The number of aromatic nitrogens is 4. The molecule has 0 aliphatic heterocycles. The van der Waals surface area contributed by atoms with E-state index < -0.39 is 11.5 Å². The number of nitrogens with zero attached hydrogens (tertiary/aromatic N) is 4. The highest BCUT2D eigenvalue weighted by molar-refractivity contribution is 5.81. The molecule has 2 aromatic rings. The Kier molecular flexibility index (Phi) is 2.90. The molecule has 0 aliphatic carbocycles. The number of hydrogen-bond donors (Lipinski definition) is 2. The normalized spacial score (nSPS) is 14.4. The van der Waals surface area contributed by atoms with Gasteiger partial charge in [0.1, 0.15) is 17.7 Å². The third-order valence-corrected chi connectivity index (χ3v) is 2.96. The monoisotopic (exact) mass is 249 g/mol. The van der Waals surface area contributed by atoms with Crippen molar-refractivity contribution in [1.29, 1.82) is 0 Å². The van der Waals surface area contributed by atoms with Crippen molar-refractivity contribution in [3.8, 4) is 0 Å². The minimum absolute atomic E-state index is 0.444. The molecule has 0 saturated carbocycles. The first-order chi connectivity index (χ1) is 8.46. The predicted molar refractivity (Wildman–Crippen MR) is 65.5 cm³/mol. The molecule has 1 unspecified atom stereocenters. The third-order valence-electron chi connectivity index (χ3n) is 2.96. The quantitative estimate of drug-likeness (QED) is 0.842. The first-order valence-electron chi connectivity index (χ1n) is 5.65. The van der Waals surface area contributed by atoms with Crippen LogP contribution in [0.2, 0.25) is 0 Å². The number of rotatable bonds is 4. The lowest BCUT2D eigenvalue weighted by Crippen LogP contribution is -2.43. The van der Waals surface area contributed by atoms with Crippen LogP contribution in [0.3, 0.4) is 0 Å². The van der Waals surface area contributed by atoms with Crippen molar-refractivity contribution in [2.75, 3.05) is 5.32 Å². The van der Waals surface area contributed by atoms with Gasteiger partial charge in [0, 0.05) is 11.8 Å². The SMILES string of the molecule is CCC(C)(Nc1cc(C)nc2ncnn12)C(=O)O. The maximum atomic E-state index is 11.3. The largest absolute Gasteiger partial charge is 0.480 e. The van der Waals surface area contributed by atoms with Gasteiger partial charge in [0.05, 0.1) is 0 Å². The molecule has 0 saturated heterocycles. The lowest BCUT2D eigenvalue weighted by Gasteiger charge is -2.25. The van der Waals surface area contributed by atoms with Crippen molar-refractivity contribution in [1.82, 2.24) is 19.6 Å². The summed E-state index contributed by atoms with van der Waals surface area (Å²) in [6.45, 7) is 5.27. The predicted octanol–water partition coefficient (Wildman–Crippen LogP) is 1.10. The molecule has 0 aromatic carbocycles. The van der Waals surface area contributed by atoms with Gasteiger partial charge in [0.15, 0.2) is 0 Å². The second-order valence-corrected chi connectivity index (χ2v) is 4.37. The summed E-state index contributed by atoms with van der Waals surface area (Å²) in [5.41, 5.74) is -0.297. The summed E-state index contributed by atoms with van der Waals surface area (Å²) in [5, 5.41) is 16.3. The minimum Gasteiger partial charge on any atom is -0.480 e. The second kappa shape index (κ2) is 4.25. The fourth-order valence-electron chi connectivity index (χ4n) is 1.60. The number of fused-ring (bicyclic) bond motifs is 1. The molecular weight excluding hydrogens is 234 g/mol. The molecule has 18 heavy (non-hydrogen) atoms. The Balaban J connectivity index is 2.48. The average molecular weight is 249 g/mol. The molecule has 0 bridgehead atoms. The highest BCUT2D eigenvalue weighted by Gasteiger charge is 2.31. The van der Waals surface area contributed by atoms with Crippen molar-refractivity contribution in [3.63, 3.8) is 0 Å². The molecule has 2 heterocycles. The van der Waals surface area contributed by atoms with E-state index in [0.29, 0.717) is 18.0 Å². The molecular formula is C11H15N5O2. The summed E-state index contributed by atoms with van der Waals surface area (Å²) in [7, 11) is 0. The van der Waals surface area contributed by atoms with Crippen molar-refractivity contribution >= 4 is 17.6 Å². The highest BCUT2D eigenvalue weighted by Crippen LogP contribution is 2.19. The molecule has 0 spiro atoms. The van der Waals surface area contributed by atoms with Crippen LogP contribution >= 0.6 is 0 Å². The number of carbonyl (C=O) groups is 1. The molecule has 2 aromatic heterocycles. The van der Waals surface area contributed by atoms with Crippen LogP contribution in [0.4, 0.5) is 5.82 Å². The summed E-state index contributed by atoms with van der Waals surface area (Å²) in [6, 6.07) is 1.75. The summed E-state index contributed by atoms with van der Waals surface area (Å²) in [5.74, 6) is 0.107. The Bertz CT molecular complexity index is 594. The van der Waals surface area contributed by atoms with Crippen LogP contribution in [-0.4, -0.2) is 36.2 Å². The van der Waals surface area contributed by atoms with Gasteiger partial charge in [-0.15, -0.1) is 0 Å². The van der Waals surface area contributed by atoms with E-state index in [4.69, 9.17) is 0 Å². The smallest absolute Gasteiger partial charge is 0.329 e. The molecule has 0 radical (unpaired) electrons. The number of hydrogen-bond acceptors (Lipinski definition) is 5. The molecule has 2 N–H and O–H groups in total. The van der Waals surface area contributed by atoms with Gasteiger partial charge >= 0.3 is 5.97 Å². The molecule has 7 heteroatoms. The van der Waals surface area contributed by atoms with Gasteiger partial charge in [-0.05, 0) is 20.3 Å². The second-order valence-electron chi connectivity index (χ2n) is 4.37. The Morgan fingerprint density at radius 1 is 1.61 bits per heavy atom. The summed E-state index contributed by atoms with van der Waals surface area (Å²) >= 11 is 0. The van der Waals surface area contributed by atoms with Crippen LogP contribution in [0.5, 0.6) is 0 Å². The van der Waals surface area contributed by atoms with Crippen LogP contribution < -0.4 is 5.32 Å². The Hall–Kier alpha value is -2.18. The Morgan fingerprint density at radius 2 is 2.33 bits per heavy atom.